The largest absolute Gasteiger partial charge is 0.456 e. The van der Waals surface area contributed by atoms with Gasteiger partial charge in [-0.25, -0.2) is 0 Å². The summed E-state index contributed by atoms with van der Waals surface area (Å²) < 4.78 is 6.34. The van der Waals surface area contributed by atoms with E-state index in [9.17, 15) is 0 Å². The number of nitrogens with zero attached hydrogens (tertiary/aromatic N) is 1. The Morgan fingerprint density at radius 3 is 1.82 bits per heavy atom. The molecular weight excluding hydrogens is 667 g/mol. The van der Waals surface area contributed by atoms with Crippen molar-refractivity contribution in [2.24, 2.45) is 0 Å². The maximum absolute atomic E-state index is 6.34. The Balaban J connectivity index is 1.22. The zero-order chi connectivity index (χ0) is 36.3. The van der Waals surface area contributed by atoms with Gasteiger partial charge in [0.1, 0.15) is 11.2 Å². The summed E-state index contributed by atoms with van der Waals surface area (Å²) in [7, 11) is 0. The molecule has 258 valence electrons. The Labute approximate surface area is 320 Å². The van der Waals surface area contributed by atoms with Gasteiger partial charge in [0, 0.05) is 27.7 Å². The van der Waals surface area contributed by atoms with Crippen LogP contribution >= 0.6 is 0 Å². The molecule has 0 fully saturated rings. The molecule has 0 amide bonds. The van der Waals surface area contributed by atoms with Crippen LogP contribution < -0.4 is 4.90 Å². The molecule has 1 aliphatic carbocycles. The molecule has 2 heteroatoms. The molecule has 0 aliphatic heterocycles. The minimum absolute atomic E-state index is 0.508. The molecule has 10 aromatic rings. The number of para-hydroxylation sites is 1. The molecule has 1 aromatic heterocycles. The van der Waals surface area contributed by atoms with Crippen molar-refractivity contribution in [1.82, 2.24) is 0 Å². The highest BCUT2D eigenvalue weighted by Gasteiger charge is 2.47. The van der Waals surface area contributed by atoms with Crippen molar-refractivity contribution in [3.8, 4) is 22.3 Å². The summed E-state index contributed by atoms with van der Waals surface area (Å²) >= 11 is 0. The Hall–Kier alpha value is -7.16. The highest BCUT2D eigenvalue weighted by Crippen LogP contribution is 2.59. The maximum atomic E-state index is 6.34. The minimum Gasteiger partial charge on any atom is -0.456 e. The van der Waals surface area contributed by atoms with Gasteiger partial charge in [-0.05, 0) is 92.2 Å². The fourth-order valence-corrected chi connectivity index (χ4v) is 9.23. The van der Waals surface area contributed by atoms with E-state index in [4.69, 9.17) is 4.42 Å². The van der Waals surface area contributed by atoms with Crippen LogP contribution in [0, 0.1) is 0 Å². The van der Waals surface area contributed by atoms with E-state index in [1.165, 1.54) is 55.3 Å². The molecule has 9 aromatic carbocycles. The second-order valence-electron chi connectivity index (χ2n) is 14.4. The second kappa shape index (κ2) is 12.5. The summed E-state index contributed by atoms with van der Waals surface area (Å²) in [5.74, 6) is 0. The smallest absolute Gasteiger partial charge is 0.135 e. The number of hydrogen-bond acceptors (Lipinski definition) is 2. The van der Waals surface area contributed by atoms with E-state index in [2.05, 4.69) is 205 Å². The Bertz CT molecular complexity index is 3000. The fourth-order valence-electron chi connectivity index (χ4n) is 9.23. The molecule has 0 saturated carbocycles. The van der Waals surface area contributed by atoms with Gasteiger partial charge in [0.25, 0.3) is 0 Å². The summed E-state index contributed by atoms with van der Waals surface area (Å²) in [6.45, 7) is 0. The van der Waals surface area contributed by atoms with Crippen molar-refractivity contribution in [2.45, 2.75) is 5.41 Å². The first-order valence-corrected chi connectivity index (χ1v) is 18.9. The number of anilines is 3. The molecular formula is C53H35NO. The van der Waals surface area contributed by atoms with Crippen LogP contribution in [-0.2, 0) is 5.41 Å². The first-order chi connectivity index (χ1) is 27.3. The summed E-state index contributed by atoms with van der Waals surface area (Å²) in [5, 5.41) is 4.68. The van der Waals surface area contributed by atoms with E-state index in [0.29, 0.717) is 0 Å². The van der Waals surface area contributed by atoms with Crippen molar-refractivity contribution in [2.75, 3.05) is 4.90 Å². The standard InChI is InChI=1S/C53H35NO/c1-3-19-38(20-4-1)53(39-21-5-2-6-22-39)47-28-11-9-26-45(47)52-48(53)29-15-30-49(52)54(41-32-33-51-46(35-41)44-25-10-12-31-50(44)55-51)40-23-13-18-37(34-40)43-27-14-17-36-16-7-8-24-42(36)43/h1-35H. The van der Waals surface area contributed by atoms with Crippen LogP contribution in [0.15, 0.2) is 217 Å². The molecule has 55 heavy (non-hydrogen) atoms. The quantitative estimate of drug-likeness (QED) is 0.172. The van der Waals surface area contributed by atoms with Gasteiger partial charge in [-0.1, -0.05) is 170 Å². The second-order valence-corrected chi connectivity index (χ2v) is 14.4. The SMILES string of the molecule is c1ccc(C2(c3ccccc3)c3ccccc3-c3c(N(c4cccc(-c5cccc6ccccc56)c4)c4ccc5oc6ccccc6c5c4)cccc32)cc1. The lowest BCUT2D eigenvalue weighted by Gasteiger charge is -2.34. The van der Waals surface area contributed by atoms with Gasteiger partial charge in [0.2, 0.25) is 0 Å². The molecule has 0 unspecified atom stereocenters. The molecule has 1 aliphatic rings. The molecule has 0 spiro atoms. The maximum Gasteiger partial charge on any atom is 0.135 e. The van der Waals surface area contributed by atoms with Crippen LogP contribution in [0.1, 0.15) is 22.3 Å². The van der Waals surface area contributed by atoms with Gasteiger partial charge >= 0.3 is 0 Å². The van der Waals surface area contributed by atoms with Crippen LogP contribution in [0.5, 0.6) is 0 Å². The number of benzene rings is 9. The van der Waals surface area contributed by atoms with Crippen LogP contribution in [0.25, 0.3) is 55.0 Å². The average molecular weight is 702 g/mol. The van der Waals surface area contributed by atoms with Crippen molar-refractivity contribution in [3.63, 3.8) is 0 Å². The van der Waals surface area contributed by atoms with Crippen LogP contribution in [0.4, 0.5) is 17.1 Å². The third-order valence-corrected chi connectivity index (χ3v) is 11.5. The summed E-state index contributed by atoms with van der Waals surface area (Å²) in [5.41, 5.74) is 14.5. The van der Waals surface area contributed by atoms with E-state index < -0.39 is 5.41 Å². The summed E-state index contributed by atoms with van der Waals surface area (Å²) in [6, 6.07) is 77.1. The molecule has 1 heterocycles. The van der Waals surface area contributed by atoms with Crippen LogP contribution in [-0.4, -0.2) is 0 Å². The Morgan fingerprint density at radius 1 is 0.382 bits per heavy atom. The van der Waals surface area contributed by atoms with E-state index in [-0.39, 0.29) is 0 Å². The third kappa shape index (κ3) is 4.75. The van der Waals surface area contributed by atoms with Crippen LogP contribution in [0.2, 0.25) is 0 Å². The lowest BCUT2D eigenvalue weighted by molar-refractivity contribution is 0.669. The van der Waals surface area contributed by atoms with Crippen molar-refractivity contribution >= 4 is 49.8 Å². The van der Waals surface area contributed by atoms with Gasteiger partial charge in [0.05, 0.1) is 11.1 Å². The highest BCUT2D eigenvalue weighted by molar-refractivity contribution is 6.07. The van der Waals surface area contributed by atoms with Gasteiger partial charge in [-0.2, -0.15) is 0 Å². The number of rotatable bonds is 6. The molecule has 0 atom stereocenters. The number of fused-ring (bicyclic) bond motifs is 7. The zero-order valence-corrected chi connectivity index (χ0v) is 30.1. The molecule has 2 nitrogen and oxygen atoms in total. The van der Waals surface area contributed by atoms with Gasteiger partial charge in [-0.15, -0.1) is 0 Å². The predicted molar refractivity (Wildman–Crippen MR) is 229 cm³/mol. The first-order valence-electron chi connectivity index (χ1n) is 18.9. The van der Waals surface area contributed by atoms with Crippen molar-refractivity contribution < 1.29 is 4.42 Å². The first kappa shape index (κ1) is 31.4. The van der Waals surface area contributed by atoms with Gasteiger partial charge < -0.3 is 9.32 Å². The predicted octanol–water partition coefficient (Wildman–Crippen LogP) is 14.2. The molecule has 0 radical (unpaired) electrons. The van der Waals surface area contributed by atoms with Gasteiger partial charge in [0.15, 0.2) is 0 Å². The van der Waals surface area contributed by atoms with Crippen molar-refractivity contribution in [1.29, 1.82) is 0 Å². The summed E-state index contributed by atoms with van der Waals surface area (Å²) in [4.78, 5) is 2.46. The summed E-state index contributed by atoms with van der Waals surface area (Å²) in [6.07, 6.45) is 0. The Morgan fingerprint density at radius 2 is 0.982 bits per heavy atom. The lowest BCUT2D eigenvalue weighted by Crippen LogP contribution is -2.28. The van der Waals surface area contributed by atoms with E-state index in [0.717, 1.165) is 39.0 Å². The molecule has 0 bridgehead atoms. The Kier molecular flexibility index (Phi) is 7.11. The number of hydrogen-bond donors (Lipinski definition) is 0. The normalized spacial score (nSPS) is 12.9. The van der Waals surface area contributed by atoms with Crippen LogP contribution in [0.3, 0.4) is 0 Å². The molecule has 11 rings (SSSR count). The van der Waals surface area contributed by atoms with Gasteiger partial charge in [-0.3, -0.25) is 0 Å². The average Bonchev–Trinajstić information content (AvgIpc) is 3.78. The number of furan rings is 1. The molecule has 0 saturated heterocycles. The fraction of sp³-hybridized carbons (Fsp3) is 0.0189. The van der Waals surface area contributed by atoms with E-state index in [1.54, 1.807) is 0 Å². The minimum atomic E-state index is -0.508. The van der Waals surface area contributed by atoms with Crippen molar-refractivity contribution in [3.05, 3.63) is 235 Å². The topological polar surface area (TPSA) is 16.4 Å². The van der Waals surface area contributed by atoms with E-state index >= 15 is 0 Å². The monoisotopic (exact) mass is 701 g/mol. The lowest BCUT2D eigenvalue weighted by atomic mass is 9.68. The zero-order valence-electron chi connectivity index (χ0n) is 30.1. The van der Waals surface area contributed by atoms with E-state index in [1.807, 2.05) is 12.1 Å². The molecule has 0 N–H and O–H groups in total. The highest BCUT2D eigenvalue weighted by atomic mass is 16.3. The third-order valence-electron chi connectivity index (χ3n) is 11.5.